The molecular weight excluding hydrogens is 242 g/mol. The fourth-order valence-corrected chi connectivity index (χ4v) is 2.04. The van der Waals surface area contributed by atoms with Crippen molar-refractivity contribution in [2.75, 3.05) is 5.32 Å². The number of nitrogens with one attached hydrogen (secondary N) is 1. The Hall–Kier alpha value is -2.75. The molecule has 0 saturated carbocycles. The molecule has 0 atom stereocenters. The Balaban J connectivity index is 2.00. The van der Waals surface area contributed by atoms with Crippen LogP contribution in [0.3, 0.4) is 0 Å². The topological polar surface area (TPSA) is 62.5 Å². The first-order valence-electron chi connectivity index (χ1n) is 5.80. The minimum atomic E-state index is -1.07. The number of hydrogen-bond acceptors (Lipinski definition) is 2. The zero-order chi connectivity index (χ0) is 13.2. The summed E-state index contributed by atoms with van der Waals surface area (Å²) < 4.78 is 5.59. The lowest BCUT2D eigenvalue weighted by Crippen LogP contribution is -2.06. The summed E-state index contributed by atoms with van der Waals surface area (Å²) in [4.78, 5) is 10.5. The van der Waals surface area contributed by atoms with Crippen molar-refractivity contribution < 1.29 is 14.3 Å². The van der Waals surface area contributed by atoms with Gasteiger partial charge in [-0.3, -0.25) is 5.32 Å². The van der Waals surface area contributed by atoms with Crippen molar-refractivity contribution in [2.24, 2.45) is 0 Å². The second-order valence-corrected chi connectivity index (χ2v) is 4.16. The maximum Gasteiger partial charge on any atom is 0.409 e. The van der Waals surface area contributed by atoms with Gasteiger partial charge in [-0.15, -0.1) is 0 Å². The third-order valence-corrected chi connectivity index (χ3v) is 2.91. The summed E-state index contributed by atoms with van der Waals surface area (Å²) in [5, 5.41) is 13.0. The van der Waals surface area contributed by atoms with Crippen LogP contribution in [0.15, 0.2) is 59.2 Å². The van der Waals surface area contributed by atoms with Crippen LogP contribution >= 0.6 is 0 Å². The maximum absolute atomic E-state index is 10.5. The van der Waals surface area contributed by atoms with E-state index in [4.69, 9.17) is 9.52 Å². The molecule has 4 heteroatoms. The van der Waals surface area contributed by atoms with Crippen molar-refractivity contribution in [1.82, 2.24) is 0 Å². The van der Waals surface area contributed by atoms with Crippen molar-refractivity contribution in [3.63, 3.8) is 0 Å². The molecule has 0 radical (unpaired) electrons. The van der Waals surface area contributed by atoms with Crippen molar-refractivity contribution in [1.29, 1.82) is 0 Å². The zero-order valence-corrected chi connectivity index (χ0v) is 9.96. The van der Waals surface area contributed by atoms with Gasteiger partial charge in [-0.25, -0.2) is 4.79 Å². The highest BCUT2D eigenvalue weighted by molar-refractivity contribution is 5.94. The molecule has 0 aliphatic rings. The minimum Gasteiger partial charge on any atom is -0.465 e. The van der Waals surface area contributed by atoms with Crippen LogP contribution in [0.1, 0.15) is 0 Å². The molecule has 0 aliphatic heterocycles. The quantitative estimate of drug-likeness (QED) is 0.719. The highest BCUT2D eigenvalue weighted by Crippen LogP contribution is 2.30. The van der Waals surface area contributed by atoms with Gasteiger partial charge in [-0.05, 0) is 24.3 Å². The van der Waals surface area contributed by atoms with Crippen molar-refractivity contribution in [3.05, 3.63) is 54.8 Å². The van der Waals surface area contributed by atoms with Gasteiger partial charge in [0, 0.05) is 22.0 Å². The van der Waals surface area contributed by atoms with Crippen LogP contribution in [0.5, 0.6) is 0 Å². The van der Waals surface area contributed by atoms with Gasteiger partial charge in [-0.2, -0.15) is 0 Å². The molecular formula is C15H11NO3. The Labute approximate surface area is 109 Å². The number of anilines is 1. The van der Waals surface area contributed by atoms with Gasteiger partial charge < -0.3 is 9.52 Å². The second-order valence-electron chi connectivity index (χ2n) is 4.16. The summed E-state index contributed by atoms with van der Waals surface area (Å²) in [5.41, 5.74) is 1.45. The van der Waals surface area contributed by atoms with Gasteiger partial charge in [0.2, 0.25) is 0 Å². The van der Waals surface area contributed by atoms with E-state index in [-0.39, 0.29) is 0 Å². The van der Waals surface area contributed by atoms with E-state index in [1.54, 1.807) is 18.4 Å². The number of carboxylic acid groups (broad SMARTS) is 1. The monoisotopic (exact) mass is 253 g/mol. The summed E-state index contributed by atoms with van der Waals surface area (Å²) in [6.45, 7) is 0. The van der Waals surface area contributed by atoms with E-state index >= 15 is 0 Å². The van der Waals surface area contributed by atoms with Gasteiger partial charge >= 0.3 is 6.09 Å². The predicted octanol–water partition coefficient (Wildman–Crippen LogP) is 4.19. The summed E-state index contributed by atoms with van der Waals surface area (Å²) in [7, 11) is 0. The molecule has 0 fully saturated rings. The van der Waals surface area contributed by atoms with E-state index in [0.717, 1.165) is 22.1 Å². The Morgan fingerprint density at radius 2 is 1.79 bits per heavy atom. The van der Waals surface area contributed by atoms with E-state index in [2.05, 4.69) is 5.32 Å². The number of carbonyl (C=O) groups is 1. The molecule has 3 rings (SSSR count). The largest absolute Gasteiger partial charge is 0.465 e. The van der Waals surface area contributed by atoms with Gasteiger partial charge in [-0.1, -0.05) is 24.3 Å². The van der Waals surface area contributed by atoms with Gasteiger partial charge in [0.05, 0.1) is 6.26 Å². The normalized spacial score (nSPS) is 10.5. The van der Waals surface area contributed by atoms with Crippen molar-refractivity contribution in [3.8, 4) is 11.3 Å². The molecule has 94 valence electrons. The number of hydrogen-bond donors (Lipinski definition) is 2. The van der Waals surface area contributed by atoms with Crippen LogP contribution in [0, 0.1) is 0 Å². The summed E-state index contributed by atoms with van der Waals surface area (Å²) in [5.74, 6) is 0.789. The lowest BCUT2D eigenvalue weighted by molar-refractivity contribution is 0.210. The molecule has 4 nitrogen and oxygen atoms in total. The summed E-state index contributed by atoms with van der Waals surface area (Å²) in [6.07, 6.45) is 0.643. The second kappa shape index (κ2) is 4.49. The van der Waals surface area contributed by atoms with E-state index in [0.29, 0.717) is 5.69 Å². The molecule has 1 aromatic heterocycles. The molecule has 2 N–H and O–H groups in total. The van der Waals surface area contributed by atoms with Crippen LogP contribution in [0.2, 0.25) is 0 Å². The van der Waals surface area contributed by atoms with E-state index < -0.39 is 6.09 Å². The SMILES string of the molecule is O=C(O)Nc1ccc(-c2occ3ccccc23)cc1. The first kappa shape index (κ1) is 11.3. The summed E-state index contributed by atoms with van der Waals surface area (Å²) in [6, 6.07) is 15.0. The third-order valence-electron chi connectivity index (χ3n) is 2.91. The highest BCUT2D eigenvalue weighted by atomic mass is 16.4. The van der Waals surface area contributed by atoms with Crippen molar-refractivity contribution >= 4 is 22.6 Å². The molecule has 1 heterocycles. The van der Waals surface area contributed by atoms with Crippen LogP contribution in [-0.4, -0.2) is 11.2 Å². The first-order valence-corrected chi connectivity index (χ1v) is 5.80. The average Bonchev–Trinajstić information content (AvgIpc) is 2.83. The molecule has 0 aliphatic carbocycles. The van der Waals surface area contributed by atoms with Gasteiger partial charge in [0.1, 0.15) is 5.76 Å². The zero-order valence-electron chi connectivity index (χ0n) is 9.96. The third kappa shape index (κ3) is 2.15. The predicted molar refractivity (Wildman–Crippen MR) is 73.3 cm³/mol. The van der Waals surface area contributed by atoms with Gasteiger partial charge in [0.15, 0.2) is 0 Å². The lowest BCUT2D eigenvalue weighted by Gasteiger charge is -2.02. The molecule has 0 unspecified atom stereocenters. The van der Waals surface area contributed by atoms with Gasteiger partial charge in [0.25, 0.3) is 0 Å². The number of furan rings is 1. The van der Waals surface area contributed by atoms with E-state index in [1.165, 1.54) is 0 Å². The molecule has 0 bridgehead atoms. The molecule has 19 heavy (non-hydrogen) atoms. The van der Waals surface area contributed by atoms with Crippen LogP contribution < -0.4 is 5.32 Å². The number of rotatable bonds is 2. The molecule has 0 spiro atoms. The summed E-state index contributed by atoms with van der Waals surface area (Å²) >= 11 is 0. The Morgan fingerprint density at radius 3 is 2.53 bits per heavy atom. The Morgan fingerprint density at radius 1 is 1.05 bits per heavy atom. The molecule has 0 saturated heterocycles. The van der Waals surface area contributed by atoms with E-state index in [1.807, 2.05) is 36.4 Å². The Bertz CT molecular complexity index is 728. The first-order chi connectivity index (χ1) is 9.24. The fraction of sp³-hybridized carbons (Fsp3) is 0. The highest BCUT2D eigenvalue weighted by Gasteiger charge is 2.08. The average molecular weight is 253 g/mol. The molecule has 2 aromatic carbocycles. The molecule has 3 aromatic rings. The van der Waals surface area contributed by atoms with Crippen LogP contribution in [0.4, 0.5) is 10.5 Å². The number of benzene rings is 2. The lowest BCUT2D eigenvalue weighted by atomic mass is 10.1. The minimum absolute atomic E-state index is 0.534. The fourth-order valence-electron chi connectivity index (χ4n) is 2.04. The molecule has 1 amide bonds. The number of fused-ring (bicyclic) bond motifs is 1. The van der Waals surface area contributed by atoms with Crippen LogP contribution in [0.25, 0.3) is 22.1 Å². The smallest absolute Gasteiger partial charge is 0.409 e. The standard InChI is InChI=1S/C15H11NO3/c17-15(18)16-12-7-5-10(6-8-12)14-13-4-2-1-3-11(13)9-19-14/h1-9,16H,(H,17,18). The van der Waals surface area contributed by atoms with Crippen LogP contribution in [-0.2, 0) is 0 Å². The van der Waals surface area contributed by atoms with E-state index in [9.17, 15) is 4.79 Å². The maximum atomic E-state index is 10.5. The Kier molecular flexibility index (Phi) is 2.68. The van der Waals surface area contributed by atoms with Crippen molar-refractivity contribution in [2.45, 2.75) is 0 Å². The number of amides is 1.